The Morgan fingerprint density at radius 2 is 1.04 bits per heavy atom. The van der Waals surface area contributed by atoms with Gasteiger partial charge in [-0.15, -0.1) is 0 Å². The molecule has 4 nitrogen and oxygen atoms in total. The summed E-state index contributed by atoms with van der Waals surface area (Å²) >= 11 is 0. The summed E-state index contributed by atoms with van der Waals surface area (Å²) in [5.41, 5.74) is 0.969. The van der Waals surface area contributed by atoms with E-state index in [2.05, 4.69) is 6.92 Å². The number of rotatable bonds is 13. The molecule has 0 aliphatic heterocycles. The van der Waals surface area contributed by atoms with Crippen LogP contribution in [0.3, 0.4) is 0 Å². The largest absolute Gasteiger partial charge is 0.466 e. The first-order chi connectivity index (χ1) is 11.1. The highest BCUT2D eigenvalue weighted by Crippen LogP contribution is 2.21. The highest BCUT2D eigenvalue weighted by Gasteiger charge is 2.21. The van der Waals surface area contributed by atoms with Crippen LogP contribution in [-0.2, 0) is 19.1 Å². The van der Waals surface area contributed by atoms with Gasteiger partial charge in [-0.3, -0.25) is 0 Å². The van der Waals surface area contributed by atoms with Crippen LogP contribution < -0.4 is 0 Å². The summed E-state index contributed by atoms with van der Waals surface area (Å²) in [4.78, 5) is 23.9. The molecule has 0 aliphatic rings. The zero-order valence-electron chi connectivity index (χ0n) is 15.4. The highest BCUT2D eigenvalue weighted by atomic mass is 16.5. The molecule has 0 aromatic carbocycles. The summed E-state index contributed by atoms with van der Waals surface area (Å²) in [5, 5.41) is 0. The standard InChI is InChI=1S/C19H34O4/c1-5-7-8-9-10-11-12-13-15-17(19(21)23-4)16(14-6-2)18(20)22-3/h5-15H2,1-4H3. The molecule has 0 aromatic rings. The number of unbranched alkanes of at least 4 members (excludes halogenated alkanes) is 7. The molecule has 0 N–H and O–H groups in total. The molecule has 0 saturated carbocycles. The lowest BCUT2D eigenvalue weighted by atomic mass is 9.97. The molecule has 0 amide bonds. The summed E-state index contributed by atoms with van der Waals surface area (Å²) < 4.78 is 9.67. The molecule has 0 rings (SSSR count). The number of hydrogen-bond donors (Lipinski definition) is 0. The van der Waals surface area contributed by atoms with Crippen LogP contribution in [0.5, 0.6) is 0 Å². The second-order valence-corrected chi connectivity index (χ2v) is 5.92. The van der Waals surface area contributed by atoms with E-state index in [4.69, 9.17) is 9.47 Å². The third-order valence-electron chi connectivity index (χ3n) is 4.01. The first kappa shape index (κ1) is 21.7. The fraction of sp³-hybridized carbons (Fsp3) is 0.789. The van der Waals surface area contributed by atoms with Crippen molar-refractivity contribution < 1.29 is 19.1 Å². The molecule has 0 unspecified atom stereocenters. The zero-order chi connectivity index (χ0) is 17.5. The molecule has 23 heavy (non-hydrogen) atoms. The molecule has 0 aromatic heterocycles. The minimum absolute atomic E-state index is 0.401. The maximum Gasteiger partial charge on any atom is 0.334 e. The molecule has 0 atom stereocenters. The number of hydrogen-bond acceptors (Lipinski definition) is 4. The number of methoxy groups -OCH3 is 2. The van der Waals surface area contributed by atoms with Crippen LogP contribution in [-0.4, -0.2) is 26.2 Å². The molecule has 0 bridgehead atoms. The number of ether oxygens (including phenoxy) is 2. The lowest BCUT2D eigenvalue weighted by Gasteiger charge is -2.12. The van der Waals surface area contributed by atoms with Crippen molar-refractivity contribution in [1.29, 1.82) is 0 Å². The molecule has 0 saturated heterocycles. The van der Waals surface area contributed by atoms with Crippen LogP contribution in [0, 0.1) is 0 Å². The molecule has 0 spiro atoms. The van der Waals surface area contributed by atoms with Crippen molar-refractivity contribution in [2.24, 2.45) is 0 Å². The normalized spacial score (nSPS) is 11.8. The first-order valence-corrected chi connectivity index (χ1v) is 9.00. The van der Waals surface area contributed by atoms with E-state index < -0.39 is 11.9 Å². The molecule has 0 heterocycles. The number of carbonyl (C=O) groups is 2. The summed E-state index contributed by atoms with van der Waals surface area (Å²) in [6.45, 7) is 4.20. The van der Waals surface area contributed by atoms with Crippen LogP contribution in [0.1, 0.15) is 84.5 Å². The number of carbonyl (C=O) groups excluding carboxylic acids is 2. The minimum Gasteiger partial charge on any atom is -0.466 e. The Balaban J connectivity index is 4.50. The topological polar surface area (TPSA) is 52.6 Å². The minimum atomic E-state index is -0.410. The van der Waals surface area contributed by atoms with Crippen molar-refractivity contribution in [3.8, 4) is 0 Å². The average molecular weight is 326 g/mol. The van der Waals surface area contributed by atoms with Crippen molar-refractivity contribution in [2.75, 3.05) is 14.2 Å². The fourth-order valence-corrected chi connectivity index (χ4v) is 2.68. The van der Waals surface area contributed by atoms with Crippen LogP contribution >= 0.6 is 0 Å². The van der Waals surface area contributed by atoms with Gasteiger partial charge in [0.05, 0.1) is 14.2 Å². The van der Waals surface area contributed by atoms with Gasteiger partial charge in [0.2, 0.25) is 0 Å². The zero-order valence-corrected chi connectivity index (χ0v) is 15.4. The highest BCUT2D eigenvalue weighted by molar-refractivity contribution is 6.00. The second-order valence-electron chi connectivity index (χ2n) is 5.92. The van der Waals surface area contributed by atoms with Gasteiger partial charge in [0.15, 0.2) is 0 Å². The van der Waals surface area contributed by atoms with Gasteiger partial charge in [-0.05, 0) is 19.3 Å². The Kier molecular flexibility index (Phi) is 13.5. The van der Waals surface area contributed by atoms with Gasteiger partial charge >= 0.3 is 11.9 Å². The maximum absolute atomic E-state index is 12.0. The van der Waals surface area contributed by atoms with E-state index >= 15 is 0 Å². The van der Waals surface area contributed by atoms with Gasteiger partial charge in [0.25, 0.3) is 0 Å². The smallest absolute Gasteiger partial charge is 0.334 e. The molecule has 134 valence electrons. The van der Waals surface area contributed by atoms with Gasteiger partial charge < -0.3 is 9.47 Å². The summed E-state index contributed by atoms with van der Waals surface area (Å²) in [6.07, 6.45) is 11.5. The Hall–Kier alpha value is -1.32. The molecular formula is C19H34O4. The van der Waals surface area contributed by atoms with Crippen LogP contribution in [0.15, 0.2) is 11.1 Å². The van der Waals surface area contributed by atoms with E-state index in [9.17, 15) is 9.59 Å². The molecule has 0 aliphatic carbocycles. The van der Waals surface area contributed by atoms with Crippen LogP contribution in [0.4, 0.5) is 0 Å². The van der Waals surface area contributed by atoms with Gasteiger partial charge in [-0.25, -0.2) is 9.59 Å². The van der Waals surface area contributed by atoms with Crippen LogP contribution in [0.25, 0.3) is 0 Å². The average Bonchev–Trinajstić information content (AvgIpc) is 2.57. The number of esters is 2. The van der Waals surface area contributed by atoms with Crippen molar-refractivity contribution >= 4 is 11.9 Å². The summed E-state index contributed by atoms with van der Waals surface area (Å²) in [7, 11) is 2.71. The van der Waals surface area contributed by atoms with Crippen molar-refractivity contribution in [3.05, 3.63) is 11.1 Å². The lowest BCUT2D eigenvalue weighted by Crippen LogP contribution is -2.15. The third-order valence-corrected chi connectivity index (χ3v) is 4.01. The van der Waals surface area contributed by atoms with Crippen molar-refractivity contribution in [1.82, 2.24) is 0 Å². The predicted molar refractivity (Wildman–Crippen MR) is 93.2 cm³/mol. The second kappa shape index (κ2) is 14.3. The van der Waals surface area contributed by atoms with E-state index in [1.165, 1.54) is 52.7 Å². The first-order valence-electron chi connectivity index (χ1n) is 9.00. The molecule has 4 heteroatoms. The van der Waals surface area contributed by atoms with Crippen LogP contribution in [0.2, 0.25) is 0 Å². The monoisotopic (exact) mass is 326 g/mol. The summed E-state index contributed by atoms with van der Waals surface area (Å²) in [5.74, 6) is -0.811. The molecule has 0 radical (unpaired) electrons. The maximum atomic E-state index is 12.0. The third kappa shape index (κ3) is 9.42. The predicted octanol–water partition coefficient (Wildman–Crippen LogP) is 4.96. The fourth-order valence-electron chi connectivity index (χ4n) is 2.68. The van der Waals surface area contributed by atoms with Crippen molar-refractivity contribution in [2.45, 2.75) is 84.5 Å². The Morgan fingerprint density at radius 3 is 1.48 bits per heavy atom. The van der Waals surface area contributed by atoms with E-state index in [0.29, 0.717) is 24.0 Å². The molecular weight excluding hydrogens is 292 g/mol. The van der Waals surface area contributed by atoms with E-state index in [-0.39, 0.29) is 0 Å². The Morgan fingerprint density at radius 1 is 0.609 bits per heavy atom. The van der Waals surface area contributed by atoms with Gasteiger partial charge in [-0.2, -0.15) is 0 Å². The van der Waals surface area contributed by atoms with E-state index in [1.807, 2.05) is 6.92 Å². The van der Waals surface area contributed by atoms with Crippen molar-refractivity contribution in [3.63, 3.8) is 0 Å². The lowest BCUT2D eigenvalue weighted by molar-refractivity contribution is -0.139. The Bertz CT molecular complexity index is 372. The van der Waals surface area contributed by atoms with Gasteiger partial charge in [0, 0.05) is 11.1 Å². The van der Waals surface area contributed by atoms with Gasteiger partial charge in [0.1, 0.15) is 0 Å². The molecule has 0 fully saturated rings. The van der Waals surface area contributed by atoms with Gasteiger partial charge in [-0.1, -0.05) is 65.2 Å². The van der Waals surface area contributed by atoms with E-state index in [0.717, 1.165) is 19.3 Å². The quantitative estimate of drug-likeness (QED) is 0.273. The summed E-state index contributed by atoms with van der Waals surface area (Å²) in [6, 6.07) is 0. The Labute approximate surface area is 141 Å². The SMILES string of the molecule is CCCCCCCCCCC(C(=O)OC)=C(CCC)C(=O)OC. The van der Waals surface area contributed by atoms with E-state index in [1.54, 1.807) is 0 Å².